The number of aryl methyl sites for hydroxylation is 1. The molecule has 0 bridgehead atoms. The predicted molar refractivity (Wildman–Crippen MR) is 71.7 cm³/mol. The van der Waals surface area contributed by atoms with Crippen molar-refractivity contribution < 1.29 is 18.3 Å². The van der Waals surface area contributed by atoms with E-state index in [0.29, 0.717) is 11.5 Å². The fourth-order valence-electron chi connectivity index (χ4n) is 2.83. The molecule has 0 radical (unpaired) electrons. The summed E-state index contributed by atoms with van der Waals surface area (Å²) in [5.41, 5.74) is -0.275. The average Bonchev–Trinajstić information content (AvgIpc) is 2.90. The number of fused-ring (bicyclic) bond motifs is 1. The van der Waals surface area contributed by atoms with Gasteiger partial charge in [0.25, 0.3) is 0 Å². The summed E-state index contributed by atoms with van der Waals surface area (Å²) in [7, 11) is 0. The molecule has 0 fully saturated rings. The maximum Gasteiger partial charge on any atom is 0.417 e. The third kappa shape index (κ3) is 2.55. The number of aromatic nitrogens is 2. The molecule has 6 heteroatoms. The molecule has 0 saturated heterocycles. The molecule has 1 aliphatic rings. The SMILES string of the molecule is OCC1CCCn2cc(-c3ccccc3C(F)(F)F)nc21. The summed E-state index contributed by atoms with van der Waals surface area (Å²) >= 11 is 0. The summed E-state index contributed by atoms with van der Waals surface area (Å²) in [4.78, 5) is 4.35. The topological polar surface area (TPSA) is 38.0 Å². The van der Waals surface area contributed by atoms with Crippen LogP contribution in [0.3, 0.4) is 0 Å². The minimum atomic E-state index is -4.41. The fourth-order valence-corrected chi connectivity index (χ4v) is 2.83. The molecule has 2 aromatic rings. The minimum absolute atomic E-state index is 0.0304. The van der Waals surface area contributed by atoms with Gasteiger partial charge in [-0.3, -0.25) is 0 Å². The van der Waals surface area contributed by atoms with Crippen molar-refractivity contribution >= 4 is 0 Å². The second-order valence-corrected chi connectivity index (χ2v) is 5.24. The second kappa shape index (κ2) is 5.18. The van der Waals surface area contributed by atoms with E-state index in [1.807, 2.05) is 4.57 Å². The Balaban J connectivity index is 2.09. The van der Waals surface area contributed by atoms with Gasteiger partial charge in [0.2, 0.25) is 0 Å². The van der Waals surface area contributed by atoms with Crippen LogP contribution in [0.5, 0.6) is 0 Å². The highest BCUT2D eigenvalue weighted by molar-refractivity contribution is 5.64. The molecule has 0 spiro atoms. The molecule has 2 heterocycles. The monoisotopic (exact) mass is 296 g/mol. The van der Waals surface area contributed by atoms with Gasteiger partial charge in [-0.1, -0.05) is 18.2 Å². The maximum absolute atomic E-state index is 13.1. The molecule has 1 aromatic heterocycles. The van der Waals surface area contributed by atoms with Gasteiger partial charge in [0, 0.05) is 24.2 Å². The highest BCUT2D eigenvalue weighted by Crippen LogP contribution is 2.37. The molecule has 0 saturated carbocycles. The van der Waals surface area contributed by atoms with Gasteiger partial charge in [-0.05, 0) is 18.9 Å². The van der Waals surface area contributed by atoms with Crippen LogP contribution in [0.15, 0.2) is 30.5 Å². The molecular formula is C15H15F3N2O. The number of benzene rings is 1. The van der Waals surface area contributed by atoms with Crippen LogP contribution >= 0.6 is 0 Å². The Morgan fingerprint density at radius 3 is 2.76 bits per heavy atom. The highest BCUT2D eigenvalue weighted by atomic mass is 19.4. The number of aliphatic hydroxyl groups is 1. The minimum Gasteiger partial charge on any atom is -0.396 e. The molecule has 1 aliphatic heterocycles. The zero-order valence-electron chi connectivity index (χ0n) is 11.3. The summed E-state index contributed by atoms with van der Waals surface area (Å²) < 4.78 is 41.1. The van der Waals surface area contributed by atoms with Crippen molar-refractivity contribution in [2.45, 2.75) is 31.5 Å². The predicted octanol–water partition coefficient (Wildman–Crippen LogP) is 3.44. The van der Waals surface area contributed by atoms with Gasteiger partial charge in [0.05, 0.1) is 17.9 Å². The quantitative estimate of drug-likeness (QED) is 0.922. The molecule has 21 heavy (non-hydrogen) atoms. The lowest BCUT2D eigenvalue weighted by molar-refractivity contribution is -0.137. The van der Waals surface area contributed by atoms with E-state index in [0.717, 1.165) is 25.5 Å². The van der Waals surface area contributed by atoms with Crippen LogP contribution in [0.25, 0.3) is 11.3 Å². The smallest absolute Gasteiger partial charge is 0.396 e. The molecule has 1 aromatic carbocycles. The van der Waals surface area contributed by atoms with Crippen molar-refractivity contribution in [3.8, 4) is 11.3 Å². The van der Waals surface area contributed by atoms with Crippen LogP contribution in [0.1, 0.15) is 30.1 Å². The molecule has 3 nitrogen and oxygen atoms in total. The van der Waals surface area contributed by atoms with Crippen LogP contribution in [0.4, 0.5) is 13.2 Å². The van der Waals surface area contributed by atoms with Crippen molar-refractivity contribution in [1.82, 2.24) is 9.55 Å². The first kappa shape index (κ1) is 14.1. The number of rotatable bonds is 2. The third-order valence-electron chi connectivity index (χ3n) is 3.85. The van der Waals surface area contributed by atoms with Crippen molar-refractivity contribution in [3.05, 3.63) is 41.9 Å². The van der Waals surface area contributed by atoms with Gasteiger partial charge < -0.3 is 9.67 Å². The number of nitrogens with zero attached hydrogens (tertiary/aromatic N) is 2. The number of hydrogen-bond acceptors (Lipinski definition) is 2. The van der Waals surface area contributed by atoms with Crippen LogP contribution in [0.2, 0.25) is 0 Å². The van der Waals surface area contributed by atoms with Gasteiger partial charge >= 0.3 is 6.18 Å². The number of aliphatic hydroxyl groups excluding tert-OH is 1. The molecule has 0 amide bonds. The van der Waals surface area contributed by atoms with Gasteiger partial charge in [0.15, 0.2) is 0 Å². The van der Waals surface area contributed by atoms with E-state index >= 15 is 0 Å². The first-order valence-electron chi connectivity index (χ1n) is 6.85. The van der Waals surface area contributed by atoms with Crippen LogP contribution in [-0.2, 0) is 12.7 Å². The molecule has 1 unspecified atom stereocenters. The zero-order chi connectivity index (χ0) is 15.0. The molecule has 3 rings (SSSR count). The normalized spacial score (nSPS) is 18.6. The van der Waals surface area contributed by atoms with Crippen LogP contribution in [0, 0.1) is 0 Å². The Labute approximate surface area is 120 Å². The van der Waals surface area contributed by atoms with Gasteiger partial charge in [-0.2, -0.15) is 13.2 Å². The van der Waals surface area contributed by atoms with Gasteiger partial charge in [0.1, 0.15) is 5.82 Å². The van der Waals surface area contributed by atoms with Crippen LogP contribution in [-0.4, -0.2) is 21.3 Å². The van der Waals surface area contributed by atoms with E-state index in [-0.39, 0.29) is 18.1 Å². The van der Waals surface area contributed by atoms with Crippen LogP contribution < -0.4 is 0 Å². The highest BCUT2D eigenvalue weighted by Gasteiger charge is 2.34. The molecule has 1 N–H and O–H groups in total. The first-order valence-corrected chi connectivity index (χ1v) is 6.85. The van der Waals surface area contributed by atoms with Crippen molar-refractivity contribution in [2.24, 2.45) is 0 Å². The van der Waals surface area contributed by atoms with E-state index in [2.05, 4.69) is 4.98 Å². The summed E-state index contributed by atoms with van der Waals surface area (Å²) in [5, 5.41) is 9.37. The Bertz CT molecular complexity index is 649. The number of alkyl halides is 3. The lowest BCUT2D eigenvalue weighted by atomic mass is 10.0. The number of hydrogen-bond donors (Lipinski definition) is 1. The van der Waals surface area contributed by atoms with Crippen molar-refractivity contribution in [3.63, 3.8) is 0 Å². The maximum atomic E-state index is 13.1. The summed E-state index contributed by atoms with van der Waals surface area (Å²) in [6.45, 7) is 0.699. The van der Waals surface area contributed by atoms with E-state index in [9.17, 15) is 18.3 Å². The van der Waals surface area contributed by atoms with E-state index in [1.165, 1.54) is 12.1 Å². The van der Waals surface area contributed by atoms with Crippen molar-refractivity contribution in [2.75, 3.05) is 6.61 Å². The Hall–Kier alpha value is -1.82. The summed E-state index contributed by atoms with van der Waals surface area (Å²) in [6.07, 6.45) is -1.04. The Kier molecular flexibility index (Phi) is 3.49. The largest absolute Gasteiger partial charge is 0.417 e. The number of halogens is 3. The number of imidazole rings is 1. The lowest BCUT2D eigenvalue weighted by Gasteiger charge is -2.21. The van der Waals surface area contributed by atoms with Gasteiger partial charge in [-0.25, -0.2) is 4.98 Å². The van der Waals surface area contributed by atoms with Gasteiger partial charge in [-0.15, -0.1) is 0 Å². The summed E-state index contributed by atoms with van der Waals surface area (Å²) in [5.74, 6) is 0.585. The first-order chi connectivity index (χ1) is 10.0. The molecule has 0 aliphatic carbocycles. The third-order valence-corrected chi connectivity index (χ3v) is 3.85. The van der Waals surface area contributed by atoms with Crippen molar-refractivity contribution in [1.29, 1.82) is 0 Å². The Morgan fingerprint density at radius 2 is 2.05 bits per heavy atom. The Morgan fingerprint density at radius 1 is 1.29 bits per heavy atom. The molecule has 1 atom stereocenters. The average molecular weight is 296 g/mol. The lowest BCUT2D eigenvalue weighted by Crippen LogP contribution is -2.18. The molecule has 112 valence electrons. The van der Waals surface area contributed by atoms with E-state index in [1.54, 1.807) is 12.3 Å². The zero-order valence-corrected chi connectivity index (χ0v) is 11.3. The standard InChI is InChI=1S/C15H15F3N2O/c16-15(17,18)12-6-2-1-5-11(12)13-8-20-7-3-4-10(9-21)14(20)19-13/h1-2,5-6,8,10,21H,3-4,7,9H2. The van der Waals surface area contributed by atoms with E-state index in [4.69, 9.17) is 0 Å². The second-order valence-electron chi connectivity index (χ2n) is 5.24. The fraction of sp³-hybridized carbons (Fsp3) is 0.400. The molecular weight excluding hydrogens is 281 g/mol. The van der Waals surface area contributed by atoms with E-state index < -0.39 is 11.7 Å². The summed E-state index contributed by atoms with van der Waals surface area (Å²) in [6, 6.07) is 5.45.